The zero-order chi connectivity index (χ0) is 22.9. The van der Waals surface area contributed by atoms with Gasteiger partial charge in [-0.2, -0.15) is 0 Å². The zero-order valence-corrected chi connectivity index (χ0v) is 19.7. The highest BCUT2D eigenvalue weighted by molar-refractivity contribution is 7.92. The van der Waals surface area contributed by atoms with Gasteiger partial charge in [-0.05, 0) is 80.6 Å². The molecule has 1 aliphatic rings. The first-order valence-corrected chi connectivity index (χ1v) is 12.1. The van der Waals surface area contributed by atoms with E-state index in [1.54, 1.807) is 32.2 Å². The Kier molecular flexibility index (Phi) is 6.06. The van der Waals surface area contributed by atoms with Gasteiger partial charge < -0.3 is 9.64 Å². The lowest BCUT2D eigenvalue weighted by atomic mass is 10.1. The van der Waals surface area contributed by atoms with Crippen LogP contribution >= 0.6 is 0 Å². The predicted octanol–water partition coefficient (Wildman–Crippen LogP) is 4.48. The van der Waals surface area contributed by atoms with Crippen molar-refractivity contribution >= 4 is 21.5 Å². The second-order valence-corrected chi connectivity index (χ2v) is 9.78. The van der Waals surface area contributed by atoms with Crippen LogP contribution < -0.4 is 14.4 Å². The highest BCUT2D eigenvalue weighted by Crippen LogP contribution is 2.32. The van der Waals surface area contributed by atoms with Crippen molar-refractivity contribution in [3.8, 4) is 17.0 Å². The van der Waals surface area contributed by atoms with Gasteiger partial charge in [0.1, 0.15) is 5.75 Å². The largest absolute Gasteiger partial charge is 0.496 e. The van der Waals surface area contributed by atoms with Crippen molar-refractivity contribution in [2.75, 3.05) is 29.8 Å². The molecule has 1 aromatic heterocycles. The molecule has 0 bridgehead atoms. The van der Waals surface area contributed by atoms with Crippen molar-refractivity contribution in [2.24, 2.45) is 0 Å². The van der Waals surface area contributed by atoms with Crippen molar-refractivity contribution in [1.29, 1.82) is 0 Å². The smallest absolute Gasteiger partial charge is 0.262 e. The number of hydrogen-bond acceptors (Lipinski definition) is 6. The Morgan fingerprint density at radius 1 is 0.938 bits per heavy atom. The van der Waals surface area contributed by atoms with E-state index in [-0.39, 0.29) is 4.90 Å². The maximum absolute atomic E-state index is 13.1. The Morgan fingerprint density at radius 2 is 1.62 bits per heavy atom. The van der Waals surface area contributed by atoms with Crippen LogP contribution in [-0.2, 0) is 10.0 Å². The van der Waals surface area contributed by atoms with Gasteiger partial charge in [0.25, 0.3) is 10.0 Å². The fraction of sp³-hybridized carbons (Fsp3) is 0.333. The van der Waals surface area contributed by atoms with Gasteiger partial charge >= 0.3 is 0 Å². The number of methoxy groups -OCH3 is 1. The number of rotatable bonds is 6. The number of nitrogens with zero attached hydrogens (tertiary/aromatic N) is 3. The molecule has 1 fully saturated rings. The van der Waals surface area contributed by atoms with E-state index in [0.29, 0.717) is 17.0 Å². The van der Waals surface area contributed by atoms with Crippen LogP contribution in [0.5, 0.6) is 5.75 Å². The Hall–Kier alpha value is -3.13. The minimum atomic E-state index is -3.75. The Bertz CT molecular complexity index is 1220. The van der Waals surface area contributed by atoms with E-state index in [1.165, 1.54) is 12.8 Å². The van der Waals surface area contributed by atoms with E-state index in [0.717, 1.165) is 41.3 Å². The summed E-state index contributed by atoms with van der Waals surface area (Å²) in [7, 11) is -2.16. The summed E-state index contributed by atoms with van der Waals surface area (Å²) in [5.74, 6) is 1.61. The highest BCUT2D eigenvalue weighted by Gasteiger charge is 2.21. The van der Waals surface area contributed by atoms with Crippen LogP contribution in [0.4, 0.5) is 11.5 Å². The number of anilines is 2. The zero-order valence-electron chi connectivity index (χ0n) is 18.8. The van der Waals surface area contributed by atoms with E-state index >= 15 is 0 Å². The van der Waals surface area contributed by atoms with Crippen LogP contribution in [-0.4, -0.2) is 38.8 Å². The summed E-state index contributed by atoms with van der Waals surface area (Å²) in [5.41, 5.74) is 4.38. The average molecular weight is 453 g/mol. The van der Waals surface area contributed by atoms with Crippen LogP contribution in [0.15, 0.2) is 47.4 Å². The molecule has 0 saturated carbocycles. The minimum Gasteiger partial charge on any atom is -0.496 e. The first-order valence-electron chi connectivity index (χ1n) is 10.7. The molecule has 3 aromatic rings. The molecule has 4 rings (SSSR count). The van der Waals surface area contributed by atoms with Gasteiger partial charge in [0.15, 0.2) is 5.82 Å². The third-order valence-corrected chi connectivity index (χ3v) is 7.49. The molecule has 0 atom stereocenters. The van der Waals surface area contributed by atoms with Crippen LogP contribution in [0.2, 0.25) is 0 Å². The fourth-order valence-electron chi connectivity index (χ4n) is 4.13. The summed E-state index contributed by atoms with van der Waals surface area (Å²) >= 11 is 0. The van der Waals surface area contributed by atoms with Crippen LogP contribution in [0.25, 0.3) is 11.3 Å². The summed E-state index contributed by atoms with van der Waals surface area (Å²) in [6, 6.07) is 12.7. The first kappa shape index (κ1) is 22.1. The molecular formula is C24H28N4O3S. The first-order chi connectivity index (χ1) is 15.3. The lowest BCUT2D eigenvalue weighted by molar-refractivity contribution is 0.407. The standard InChI is InChI=1S/C24H28N4O3S/c1-16-15-22(17(2)18(3)24(16)31-4)32(29,30)27-20-9-7-19(8-10-20)21-11-12-23(26-25-21)28-13-5-6-14-28/h7-12,15,27H,5-6,13-14H2,1-4H3. The third-order valence-electron chi connectivity index (χ3n) is 5.99. The summed E-state index contributed by atoms with van der Waals surface area (Å²) < 4.78 is 34.2. The summed E-state index contributed by atoms with van der Waals surface area (Å²) in [6.07, 6.45) is 2.38. The van der Waals surface area contributed by atoms with Crippen LogP contribution in [0.1, 0.15) is 29.5 Å². The lowest BCUT2D eigenvalue weighted by Crippen LogP contribution is -2.19. The second-order valence-electron chi connectivity index (χ2n) is 8.13. The van der Waals surface area contributed by atoms with Crippen molar-refractivity contribution in [1.82, 2.24) is 10.2 Å². The number of benzene rings is 2. The number of aromatic nitrogens is 2. The number of hydrogen-bond donors (Lipinski definition) is 1. The third kappa shape index (κ3) is 4.27. The molecule has 1 aliphatic heterocycles. The van der Waals surface area contributed by atoms with Gasteiger partial charge in [-0.3, -0.25) is 4.72 Å². The van der Waals surface area contributed by atoms with Gasteiger partial charge in [-0.25, -0.2) is 8.42 Å². The highest BCUT2D eigenvalue weighted by atomic mass is 32.2. The van der Waals surface area contributed by atoms with Crippen LogP contribution in [0, 0.1) is 20.8 Å². The summed E-state index contributed by atoms with van der Waals surface area (Å²) in [4.78, 5) is 2.49. The van der Waals surface area contributed by atoms with E-state index < -0.39 is 10.0 Å². The molecule has 2 heterocycles. The van der Waals surface area contributed by atoms with Crippen molar-refractivity contribution in [3.63, 3.8) is 0 Å². The number of ether oxygens (including phenoxy) is 1. The monoisotopic (exact) mass is 452 g/mol. The molecule has 2 aromatic carbocycles. The number of aryl methyl sites for hydroxylation is 1. The Morgan fingerprint density at radius 3 is 2.22 bits per heavy atom. The molecule has 32 heavy (non-hydrogen) atoms. The van der Waals surface area contributed by atoms with Gasteiger partial charge in [0.05, 0.1) is 17.7 Å². The van der Waals surface area contributed by atoms with Gasteiger partial charge in [-0.15, -0.1) is 10.2 Å². The second kappa shape index (κ2) is 8.78. The molecule has 168 valence electrons. The van der Waals surface area contributed by atoms with E-state index in [1.807, 2.05) is 38.1 Å². The van der Waals surface area contributed by atoms with E-state index in [4.69, 9.17) is 4.74 Å². The molecule has 1 saturated heterocycles. The maximum atomic E-state index is 13.1. The number of sulfonamides is 1. The Balaban J connectivity index is 1.53. The fourth-order valence-corrected chi connectivity index (χ4v) is 5.57. The van der Waals surface area contributed by atoms with E-state index in [2.05, 4.69) is 19.8 Å². The molecule has 0 aliphatic carbocycles. The normalized spacial score (nSPS) is 13.9. The number of nitrogens with one attached hydrogen (secondary N) is 1. The van der Waals surface area contributed by atoms with Crippen molar-refractivity contribution < 1.29 is 13.2 Å². The predicted molar refractivity (Wildman–Crippen MR) is 127 cm³/mol. The van der Waals surface area contributed by atoms with Gasteiger partial charge in [-0.1, -0.05) is 12.1 Å². The lowest BCUT2D eigenvalue weighted by Gasteiger charge is -2.17. The maximum Gasteiger partial charge on any atom is 0.262 e. The molecule has 0 spiro atoms. The molecule has 1 N–H and O–H groups in total. The minimum absolute atomic E-state index is 0.251. The van der Waals surface area contributed by atoms with Crippen molar-refractivity contribution in [3.05, 3.63) is 59.2 Å². The molecule has 7 nitrogen and oxygen atoms in total. The van der Waals surface area contributed by atoms with Crippen molar-refractivity contribution in [2.45, 2.75) is 38.5 Å². The topological polar surface area (TPSA) is 84.4 Å². The van der Waals surface area contributed by atoms with Gasteiger partial charge in [0.2, 0.25) is 0 Å². The van der Waals surface area contributed by atoms with Crippen LogP contribution in [0.3, 0.4) is 0 Å². The van der Waals surface area contributed by atoms with E-state index in [9.17, 15) is 8.42 Å². The molecule has 8 heteroatoms. The molecule has 0 radical (unpaired) electrons. The average Bonchev–Trinajstić information content (AvgIpc) is 3.32. The summed E-state index contributed by atoms with van der Waals surface area (Å²) in [6.45, 7) is 7.55. The molecule has 0 unspecified atom stereocenters. The SMILES string of the molecule is COc1c(C)cc(S(=O)(=O)Nc2ccc(-c3ccc(N4CCCC4)nn3)cc2)c(C)c1C. The molecular weight excluding hydrogens is 424 g/mol. The quantitative estimate of drug-likeness (QED) is 0.594. The summed E-state index contributed by atoms with van der Waals surface area (Å²) in [5, 5.41) is 8.70. The molecule has 0 amide bonds. The van der Waals surface area contributed by atoms with Gasteiger partial charge in [0, 0.05) is 24.3 Å². The Labute approximate surface area is 189 Å².